The van der Waals surface area contributed by atoms with E-state index in [1.165, 1.54) is 84.6 Å². The third-order valence-corrected chi connectivity index (χ3v) is 11.9. The van der Waals surface area contributed by atoms with Crippen molar-refractivity contribution in [2.45, 2.75) is 63.6 Å². The second-order valence-electron chi connectivity index (χ2n) is 14.9. The Kier molecular flexibility index (Phi) is 5.55. The van der Waals surface area contributed by atoms with Crippen molar-refractivity contribution in [1.29, 1.82) is 0 Å². The van der Waals surface area contributed by atoms with Gasteiger partial charge in [-0.15, -0.1) is 0 Å². The third kappa shape index (κ3) is 4.23. The Balaban J connectivity index is 0.982. The highest BCUT2D eigenvalue weighted by molar-refractivity contribution is 5.99. The Bertz CT molecular complexity index is 1600. The van der Waals surface area contributed by atoms with Crippen molar-refractivity contribution in [2.24, 2.45) is 17.8 Å². The number of likely N-dealkylation sites (tertiary alicyclic amines) is 1. The Morgan fingerprint density at radius 1 is 0.837 bits per heavy atom. The number of piperidine rings is 1. The molecule has 5 aliphatic heterocycles. The van der Waals surface area contributed by atoms with Crippen LogP contribution < -0.4 is 20.0 Å². The van der Waals surface area contributed by atoms with Crippen LogP contribution in [-0.2, 0) is 25.8 Å². The second kappa shape index (κ2) is 9.45. The number of nitrogens with one attached hydrogen (secondary N) is 1. The monoisotopic (exact) mass is 577 g/mol. The van der Waals surface area contributed by atoms with Crippen molar-refractivity contribution in [3.63, 3.8) is 0 Å². The number of rotatable bonds is 5. The normalized spacial score (nSPS) is 29.6. The van der Waals surface area contributed by atoms with Gasteiger partial charge in [-0.3, -0.25) is 0 Å². The van der Waals surface area contributed by atoms with E-state index in [2.05, 4.69) is 37.0 Å². The number of anilines is 3. The highest BCUT2D eigenvalue weighted by atomic mass is 16.3. The summed E-state index contributed by atoms with van der Waals surface area (Å²) in [6, 6.07) is 9.59. The average molecular weight is 578 g/mol. The smallest absolute Gasteiger partial charge is 0.227 e. The Morgan fingerprint density at radius 3 is 2.51 bits per heavy atom. The SMILES string of the molecule is Oc1cc(N2CCc3c(nc(N4CC(CN5CC6CC6C5)C4)nc3N3C[C@H]4CC[C@@H](C3)N4)C2)c2c3c(ccc2c1)CCC3. The van der Waals surface area contributed by atoms with Crippen LogP contribution in [0.15, 0.2) is 24.3 Å². The molecule has 1 saturated carbocycles. The van der Waals surface area contributed by atoms with E-state index in [1.807, 2.05) is 12.1 Å². The van der Waals surface area contributed by atoms with Gasteiger partial charge in [-0.05, 0) is 79.4 Å². The third-order valence-electron chi connectivity index (χ3n) is 11.9. The number of aromatic hydroxyl groups is 1. The summed E-state index contributed by atoms with van der Waals surface area (Å²) in [6.07, 6.45) is 8.48. The molecule has 5 fully saturated rings. The molecule has 2 bridgehead atoms. The summed E-state index contributed by atoms with van der Waals surface area (Å²) < 4.78 is 0. The lowest BCUT2D eigenvalue weighted by molar-refractivity contribution is 0.227. The molecule has 2 aliphatic carbocycles. The molecule has 7 aliphatic rings. The zero-order valence-corrected chi connectivity index (χ0v) is 25.1. The maximum atomic E-state index is 10.8. The fourth-order valence-corrected chi connectivity index (χ4v) is 9.60. The lowest BCUT2D eigenvalue weighted by atomic mass is 9.96. The topological polar surface area (TPSA) is 71.0 Å². The maximum absolute atomic E-state index is 10.8. The zero-order valence-electron chi connectivity index (χ0n) is 25.1. The van der Waals surface area contributed by atoms with Gasteiger partial charge >= 0.3 is 0 Å². The van der Waals surface area contributed by atoms with E-state index in [0.717, 1.165) is 87.6 Å². The van der Waals surface area contributed by atoms with E-state index in [9.17, 15) is 5.11 Å². The lowest BCUT2D eigenvalue weighted by Gasteiger charge is -2.43. The molecule has 2 aromatic carbocycles. The van der Waals surface area contributed by atoms with Crippen molar-refractivity contribution >= 4 is 28.2 Å². The molecule has 0 amide bonds. The van der Waals surface area contributed by atoms with Crippen LogP contribution in [0.4, 0.5) is 17.5 Å². The van der Waals surface area contributed by atoms with Gasteiger partial charge in [0.15, 0.2) is 0 Å². The molecular weight excluding hydrogens is 534 g/mol. The van der Waals surface area contributed by atoms with Gasteiger partial charge in [0, 0.05) is 93.1 Å². The van der Waals surface area contributed by atoms with Crippen LogP contribution in [-0.4, -0.2) is 84.4 Å². The highest BCUT2D eigenvalue weighted by Gasteiger charge is 2.46. The molecule has 1 aromatic heterocycles. The summed E-state index contributed by atoms with van der Waals surface area (Å²) in [5.41, 5.74) is 6.68. The first-order chi connectivity index (χ1) is 21.1. The standard InChI is InChI=1S/C35H43N7O/c43-28-11-23-5-4-22-2-1-3-29(22)33(23)32(12-28)40-9-8-30-31(20-40)37-35(38-34(30)41-18-26-6-7-27(19-41)36-26)42-14-21(15-42)13-39-16-24-10-25(24)17-39/h4-5,11-12,21,24-27,36,43H,1-3,6-10,13-20H2/t24?,25?,26-,27+. The molecule has 224 valence electrons. The van der Waals surface area contributed by atoms with Crippen LogP contribution in [0.25, 0.3) is 10.8 Å². The second-order valence-corrected chi connectivity index (χ2v) is 14.9. The largest absolute Gasteiger partial charge is 0.508 e. The molecule has 3 aromatic rings. The van der Waals surface area contributed by atoms with E-state index in [-0.39, 0.29) is 0 Å². The van der Waals surface area contributed by atoms with Crippen molar-refractivity contribution < 1.29 is 5.11 Å². The molecule has 2 unspecified atom stereocenters. The summed E-state index contributed by atoms with van der Waals surface area (Å²) in [6.45, 7) is 9.83. The molecule has 0 radical (unpaired) electrons. The van der Waals surface area contributed by atoms with Gasteiger partial charge in [-0.1, -0.05) is 12.1 Å². The lowest BCUT2D eigenvalue weighted by Crippen LogP contribution is -2.53. The van der Waals surface area contributed by atoms with E-state index >= 15 is 0 Å². The number of phenols is 1. The Labute approximate surface area is 254 Å². The number of hydrogen-bond acceptors (Lipinski definition) is 8. The minimum absolute atomic E-state index is 0.355. The fraction of sp³-hybridized carbons (Fsp3) is 0.600. The first-order valence-electron chi connectivity index (χ1n) is 17.0. The number of nitrogens with zero attached hydrogens (tertiary/aromatic N) is 6. The van der Waals surface area contributed by atoms with Crippen LogP contribution in [0.1, 0.15) is 48.1 Å². The van der Waals surface area contributed by atoms with E-state index in [0.29, 0.717) is 17.8 Å². The molecule has 43 heavy (non-hydrogen) atoms. The average Bonchev–Trinajstić information content (AvgIpc) is 3.30. The minimum Gasteiger partial charge on any atom is -0.508 e. The van der Waals surface area contributed by atoms with E-state index < -0.39 is 0 Å². The quantitative estimate of drug-likeness (QED) is 0.476. The van der Waals surface area contributed by atoms with Crippen LogP contribution in [0.5, 0.6) is 5.75 Å². The van der Waals surface area contributed by atoms with Crippen molar-refractivity contribution in [2.75, 3.05) is 67.1 Å². The first kappa shape index (κ1) is 25.2. The summed E-state index contributed by atoms with van der Waals surface area (Å²) in [5.74, 6) is 5.22. The van der Waals surface area contributed by atoms with Gasteiger partial charge in [0.05, 0.1) is 12.2 Å². The molecule has 8 nitrogen and oxygen atoms in total. The molecule has 6 heterocycles. The summed E-state index contributed by atoms with van der Waals surface area (Å²) in [5, 5.41) is 17.1. The van der Waals surface area contributed by atoms with Crippen molar-refractivity contribution in [1.82, 2.24) is 20.2 Å². The summed E-state index contributed by atoms with van der Waals surface area (Å²) in [7, 11) is 0. The van der Waals surface area contributed by atoms with Crippen LogP contribution in [0.2, 0.25) is 0 Å². The van der Waals surface area contributed by atoms with Crippen LogP contribution in [0, 0.1) is 17.8 Å². The van der Waals surface area contributed by atoms with Gasteiger partial charge in [0.2, 0.25) is 5.95 Å². The van der Waals surface area contributed by atoms with Gasteiger partial charge in [-0.2, -0.15) is 4.98 Å². The molecule has 4 atom stereocenters. The maximum Gasteiger partial charge on any atom is 0.227 e. The van der Waals surface area contributed by atoms with Crippen LogP contribution in [0.3, 0.4) is 0 Å². The van der Waals surface area contributed by atoms with Crippen molar-refractivity contribution in [3.05, 3.63) is 46.6 Å². The van der Waals surface area contributed by atoms with Gasteiger partial charge in [-0.25, -0.2) is 4.98 Å². The fourth-order valence-electron chi connectivity index (χ4n) is 9.60. The molecule has 2 N–H and O–H groups in total. The molecule has 4 saturated heterocycles. The first-order valence-corrected chi connectivity index (χ1v) is 17.0. The minimum atomic E-state index is 0.355. The number of piperazine rings is 1. The molecule has 10 rings (SSSR count). The van der Waals surface area contributed by atoms with Gasteiger partial charge in [0.25, 0.3) is 0 Å². The molecule has 8 heteroatoms. The highest BCUT2D eigenvalue weighted by Crippen LogP contribution is 2.45. The van der Waals surface area contributed by atoms with Gasteiger partial charge in [0.1, 0.15) is 11.6 Å². The number of aryl methyl sites for hydroxylation is 2. The van der Waals surface area contributed by atoms with E-state index in [4.69, 9.17) is 9.97 Å². The molecule has 0 spiro atoms. The van der Waals surface area contributed by atoms with Crippen molar-refractivity contribution in [3.8, 4) is 5.75 Å². The number of hydrogen-bond donors (Lipinski definition) is 2. The van der Waals surface area contributed by atoms with E-state index in [1.54, 1.807) is 0 Å². The number of phenolic OH excluding ortho intramolecular Hbond substituents is 1. The Hall–Kier alpha value is -3.10. The number of fused-ring (bicyclic) bond motifs is 7. The Morgan fingerprint density at radius 2 is 1.67 bits per heavy atom. The van der Waals surface area contributed by atoms with Gasteiger partial charge < -0.3 is 30.0 Å². The predicted octanol–water partition coefficient (Wildman–Crippen LogP) is 3.72. The molecular formula is C35H43N7O. The van der Waals surface area contributed by atoms with Crippen LogP contribution >= 0.6 is 0 Å². The predicted molar refractivity (Wildman–Crippen MR) is 170 cm³/mol. The number of aromatic nitrogens is 2. The zero-order chi connectivity index (χ0) is 28.2. The summed E-state index contributed by atoms with van der Waals surface area (Å²) in [4.78, 5) is 20.9. The summed E-state index contributed by atoms with van der Waals surface area (Å²) >= 11 is 0. The number of benzene rings is 2.